The third-order valence-electron chi connectivity index (χ3n) is 5.54. The Morgan fingerprint density at radius 1 is 1.03 bits per heavy atom. The zero-order valence-corrected chi connectivity index (χ0v) is 17.4. The molecule has 0 radical (unpaired) electrons. The number of nitrogens with zero attached hydrogens (tertiary/aromatic N) is 1. The van der Waals surface area contributed by atoms with Gasteiger partial charge in [0, 0.05) is 23.1 Å². The zero-order chi connectivity index (χ0) is 21.8. The summed E-state index contributed by atoms with van der Waals surface area (Å²) in [5.74, 6) is -0.786. The Labute approximate surface area is 181 Å². The number of nitrogens with one attached hydrogen (secondary N) is 1. The molecule has 3 aromatic carbocycles. The molecular formula is C26H25N3O2. The summed E-state index contributed by atoms with van der Waals surface area (Å²) in [6.07, 6.45) is 3.28. The molecule has 0 unspecified atom stereocenters. The number of fused-ring (bicyclic) bond motifs is 1. The number of nitrogen functional groups attached to an aromatic ring is 1. The molecule has 4 aromatic rings. The van der Waals surface area contributed by atoms with Crippen LogP contribution in [0.2, 0.25) is 0 Å². The molecule has 31 heavy (non-hydrogen) atoms. The first kappa shape index (κ1) is 20.4. The van der Waals surface area contributed by atoms with Crippen LogP contribution < -0.4 is 5.73 Å². The molecule has 0 aliphatic heterocycles. The molecule has 0 saturated heterocycles. The molecule has 0 bridgehead atoms. The predicted octanol–water partition coefficient (Wildman–Crippen LogP) is 5.53. The topological polar surface area (TPSA) is 92.0 Å². The first-order chi connectivity index (χ1) is 15.1. The van der Waals surface area contributed by atoms with Gasteiger partial charge in [0.05, 0.1) is 11.7 Å². The fourth-order valence-corrected chi connectivity index (χ4v) is 3.98. The van der Waals surface area contributed by atoms with Gasteiger partial charge in [-0.3, -0.25) is 9.89 Å². The number of rotatable bonds is 7. The highest BCUT2D eigenvalue weighted by molar-refractivity contribution is 6.02. The quantitative estimate of drug-likeness (QED) is 0.275. The molecule has 0 aliphatic rings. The average Bonchev–Trinajstić information content (AvgIpc) is 3.25. The van der Waals surface area contributed by atoms with Crippen LogP contribution in [0, 0.1) is 0 Å². The number of H-pyrrole nitrogens is 1. The molecule has 1 aromatic heterocycles. The maximum Gasteiger partial charge on any atom is 0.303 e. The van der Waals surface area contributed by atoms with E-state index in [0.29, 0.717) is 6.42 Å². The number of aromatic amines is 1. The maximum atomic E-state index is 10.9. The molecule has 0 aliphatic carbocycles. The van der Waals surface area contributed by atoms with Crippen LogP contribution in [0.3, 0.4) is 0 Å². The molecule has 156 valence electrons. The molecule has 4 rings (SSSR count). The number of aryl methyl sites for hydroxylation is 1. The highest BCUT2D eigenvalue weighted by Crippen LogP contribution is 2.37. The summed E-state index contributed by atoms with van der Waals surface area (Å²) in [5.41, 5.74) is 14.6. The van der Waals surface area contributed by atoms with Crippen LogP contribution in [0.1, 0.15) is 42.0 Å². The number of hydrogen-bond donors (Lipinski definition) is 3. The summed E-state index contributed by atoms with van der Waals surface area (Å²) < 4.78 is 0. The van der Waals surface area contributed by atoms with E-state index in [0.717, 1.165) is 50.8 Å². The second-order valence-electron chi connectivity index (χ2n) is 7.56. The highest BCUT2D eigenvalue weighted by atomic mass is 16.4. The molecule has 5 heteroatoms. The normalized spacial score (nSPS) is 12.0. The number of allylic oxidation sites excluding steroid dienone is 1. The number of carboxylic acids is 1. The monoisotopic (exact) mass is 411 g/mol. The van der Waals surface area contributed by atoms with Crippen LogP contribution >= 0.6 is 0 Å². The molecule has 0 atom stereocenters. The highest BCUT2D eigenvalue weighted by Gasteiger charge is 2.15. The van der Waals surface area contributed by atoms with Gasteiger partial charge in [-0.05, 0) is 58.9 Å². The van der Waals surface area contributed by atoms with Crippen molar-refractivity contribution in [1.82, 2.24) is 10.2 Å². The molecule has 0 saturated carbocycles. The van der Waals surface area contributed by atoms with E-state index in [4.69, 9.17) is 10.8 Å². The number of aliphatic carboxylic acids is 1. The minimum Gasteiger partial charge on any atom is -0.481 e. The van der Waals surface area contributed by atoms with Crippen molar-refractivity contribution in [3.8, 4) is 0 Å². The van der Waals surface area contributed by atoms with Crippen molar-refractivity contribution in [2.75, 3.05) is 5.73 Å². The van der Waals surface area contributed by atoms with Crippen molar-refractivity contribution in [3.05, 3.63) is 95.2 Å². The number of benzene rings is 3. The Morgan fingerprint density at radius 2 is 1.77 bits per heavy atom. The van der Waals surface area contributed by atoms with E-state index in [9.17, 15) is 4.79 Å². The van der Waals surface area contributed by atoms with Crippen LogP contribution in [0.4, 0.5) is 5.69 Å². The van der Waals surface area contributed by atoms with E-state index in [-0.39, 0.29) is 6.42 Å². The number of nitrogens with two attached hydrogens (primary N) is 1. The number of anilines is 1. The molecular weight excluding hydrogens is 386 g/mol. The van der Waals surface area contributed by atoms with Gasteiger partial charge in [0.2, 0.25) is 0 Å². The van der Waals surface area contributed by atoms with E-state index in [1.807, 2.05) is 42.6 Å². The van der Waals surface area contributed by atoms with Crippen molar-refractivity contribution < 1.29 is 9.90 Å². The Hall–Kier alpha value is -3.86. The number of aromatic nitrogens is 2. The SMILES string of the molecule is CC/C(=C(/c1ccc(CCC(=O)O)cc1)c1ccc2[nH]ncc2c1)c1ccccc1N. The number of hydrogen-bond acceptors (Lipinski definition) is 3. The Morgan fingerprint density at radius 3 is 2.48 bits per heavy atom. The van der Waals surface area contributed by atoms with Gasteiger partial charge in [-0.2, -0.15) is 5.10 Å². The van der Waals surface area contributed by atoms with E-state index in [1.165, 1.54) is 5.57 Å². The third kappa shape index (κ3) is 4.36. The van der Waals surface area contributed by atoms with E-state index in [2.05, 4.69) is 47.5 Å². The first-order valence-corrected chi connectivity index (χ1v) is 10.4. The van der Waals surface area contributed by atoms with Crippen LogP contribution in [0.15, 0.2) is 72.9 Å². The Balaban J connectivity index is 1.88. The summed E-state index contributed by atoms with van der Waals surface area (Å²) in [6, 6.07) is 22.4. The van der Waals surface area contributed by atoms with Crippen LogP contribution in [-0.4, -0.2) is 21.3 Å². The standard InChI is InChI=1S/C26H25N3O2/c1-2-21(22-5-3-4-6-23(22)27)26(19-12-13-24-20(15-19)16-28-29-24)18-10-7-17(8-11-18)9-14-25(30)31/h3-8,10-13,15-16H,2,9,14,27H2,1H3,(H,28,29)(H,30,31)/b26-21+. The lowest BCUT2D eigenvalue weighted by Gasteiger charge is -2.18. The van der Waals surface area contributed by atoms with Crippen LogP contribution in [0.5, 0.6) is 0 Å². The van der Waals surface area contributed by atoms with E-state index >= 15 is 0 Å². The van der Waals surface area contributed by atoms with Gasteiger partial charge >= 0.3 is 5.97 Å². The minimum atomic E-state index is -0.786. The summed E-state index contributed by atoms with van der Waals surface area (Å²) in [6.45, 7) is 2.14. The van der Waals surface area contributed by atoms with Gasteiger partial charge in [0.15, 0.2) is 0 Å². The predicted molar refractivity (Wildman–Crippen MR) is 126 cm³/mol. The Bertz CT molecular complexity index is 1250. The van der Waals surface area contributed by atoms with Crippen molar-refractivity contribution in [2.45, 2.75) is 26.2 Å². The minimum absolute atomic E-state index is 0.125. The van der Waals surface area contributed by atoms with Crippen molar-refractivity contribution in [2.24, 2.45) is 0 Å². The average molecular weight is 412 g/mol. The molecule has 0 amide bonds. The summed E-state index contributed by atoms with van der Waals surface area (Å²) in [4.78, 5) is 10.9. The fraction of sp³-hybridized carbons (Fsp3) is 0.154. The molecule has 1 heterocycles. The maximum absolute atomic E-state index is 10.9. The van der Waals surface area contributed by atoms with Crippen LogP contribution in [-0.2, 0) is 11.2 Å². The number of carbonyl (C=O) groups is 1. The second kappa shape index (κ2) is 8.88. The van der Waals surface area contributed by atoms with Crippen molar-refractivity contribution in [3.63, 3.8) is 0 Å². The van der Waals surface area contributed by atoms with Crippen molar-refractivity contribution in [1.29, 1.82) is 0 Å². The van der Waals surface area contributed by atoms with E-state index < -0.39 is 5.97 Å². The number of carboxylic acid groups (broad SMARTS) is 1. The summed E-state index contributed by atoms with van der Waals surface area (Å²) in [5, 5.41) is 17.2. The summed E-state index contributed by atoms with van der Waals surface area (Å²) >= 11 is 0. The van der Waals surface area contributed by atoms with Gasteiger partial charge in [0.25, 0.3) is 0 Å². The Kier molecular flexibility index (Phi) is 5.85. The lowest BCUT2D eigenvalue weighted by Crippen LogP contribution is -2.00. The second-order valence-corrected chi connectivity index (χ2v) is 7.56. The van der Waals surface area contributed by atoms with Gasteiger partial charge in [0.1, 0.15) is 0 Å². The van der Waals surface area contributed by atoms with E-state index in [1.54, 1.807) is 0 Å². The molecule has 0 fully saturated rings. The zero-order valence-electron chi connectivity index (χ0n) is 17.4. The first-order valence-electron chi connectivity index (χ1n) is 10.4. The molecule has 4 N–H and O–H groups in total. The third-order valence-corrected chi connectivity index (χ3v) is 5.54. The van der Waals surface area contributed by atoms with Gasteiger partial charge in [-0.15, -0.1) is 0 Å². The molecule has 0 spiro atoms. The largest absolute Gasteiger partial charge is 0.481 e. The van der Waals surface area contributed by atoms with Gasteiger partial charge in [-0.1, -0.05) is 55.5 Å². The lowest BCUT2D eigenvalue weighted by atomic mass is 9.87. The molecule has 5 nitrogen and oxygen atoms in total. The van der Waals surface area contributed by atoms with Crippen LogP contribution in [0.25, 0.3) is 22.0 Å². The lowest BCUT2D eigenvalue weighted by molar-refractivity contribution is -0.136. The van der Waals surface area contributed by atoms with Gasteiger partial charge in [-0.25, -0.2) is 0 Å². The van der Waals surface area contributed by atoms with Crippen molar-refractivity contribution >= 4 is 33.7 Å². The number of para-hydroxylation sites is 1. The van der Waals surface area contributed by atoms with Gasteiger partial charge < -0.3 is 10.8 Å². The smallest absolute Gasteiger partial charge is 0.303 e. The fourth-order valence-electron chi connectivity index (χ4n) is 3.98. The summed E-state index contributed by atoms with van der Waals surface area (Å²) in [7, 11) is 0.